The molecule has 2 aliphatic rings. The summed E-state index contributed by atoms with van der Waals surface area (Å²) in [6, 6.07) is 7.03. The summed E-state index contributed by atoms with van der Waals surface area (Å²) in [5.41, 5.74) is 1.84. The predicted molar refractivity (Wildman–Crippen MR) is 116 cm³/mol. The van der Waals surface area contributed by atoms with Crippen LogP contribution in [0.3, 0.4) is 0 Å². The van der Waals surface area contributed by atoms with Gasteiger partial charge in [-0.1, -0.05) is 11.6 Å². The number of pyridine rings is 1. The molecule has 0 radical (unpaired) electrons. The largest absolute Gasteiger partial charge is 0.378 e. The molecular formula is C20H20ClN5O3S. The number of anilines is 1. The number of benzene rings is 1. The van der Waals surface area contributed by atoms with Crippen molar-refractivity contribution in [1.29, 1.82) is 5.26 Å². The lowest BCUT2D eigenvalue weighted by atomic mass is 10.1. The maximum Gasteiger partial charge on any atom is 0.252 e. The van der Waals surface area contributed by atoms with Crippen LogP contribution < -0.4 is 10.2 Å². The quantitative estimate of drug-likeness (QED) is 0.767. The van der Waals surface area contributed by atoms with Crippen molar-refractivity contribution in [3.63, 3.8) is 0 Å². The Labute approximate surface area is 183 Å². The molecule has 10 heteroatoms. The lowest BCUT2D eigenvalue weighted by Gasteiger charge is -2.29. The highest BCUT2D eigenvalue weighted by Crippen LogP contribution is 2.31. The third-order valence-electron chi connectivity index (χ3n) is 5.16. The van der Waals surface area contributed by atoms with Crippen LogP contribution in [0.2, 0.25) is 5.02 Å². The first-order chi connectivity index (χ1) is 14.6. The summed E-state index contributed by atoms with van der Waals surface area (Å²) in [5, 5.41) is 12.9. The van der Waals surface area contributed by atoms with E-state index in [0.717, 1.165) is 18.8 Å². The summed E-state index contributed by atoms with van der Waals surface area (Å²) in [6.45, 7) is 2.59. The number of morpholine rings is 1. The van der Waals surface area contributed by atoms with E-state index in [0.29, 0.717) is 46.3 Å². The van der Waals surface area contributed by atoms with Crippen LogP contribution in [0.1, 0.15) is 10.4 Å². The normalized spacial score (nSPS) is 19.0. The van der Waals surface area contributed by atoms with Gasteiger partial charge >= 0.3 is 0 Å². The Bertz CT molecular complexity index is 1020. The molecule has 1 atom stereocenters. The van der Waals surface area contributed by atoms with Gasteiger partial charge in [-0.3, -0.25) is 14.6 Å². The number of hydrogen-bond donors (Lipinski definition) is 1. The maximum atomic E-state index is 12.9. The Balaban J connectivity index is 1.55. The molecule has 2 saturated heterocycles. The molecule has 0 spiro atoms. The molecule has 1 unspecified atom stereocenters. The van der Waals surface area contributed by atoms with E-state index in [1.807, 2.05) is 12.1 Å². The van der Waals surface area contributed by atoms with E-state index in [4.69, 9.17) is 21.6 Å². The van der Waals surface area contributed by atoms with E-state index in [1.165, 1.54) is 22.9 Å². The van der Waals surface area contributed by atoms with Gasteiger partial charge in [-0.2, -0.15) is 5.26 Å². The topological polar surface area (TPSA) is 98.6 Å². The minimum Gasteiger partial charge on any atom is -0.378 e. The summed E-state index contributed by atoms with van der Waals surface area (Å²) in [6.07, 6.45) is 1.53. The van der Waals surface area contributed by atoms with Gasteiger partial charge in [0, 0.05) is 36.1 Å². The Morgan fingerprint density at radius 1 is 1.37 bits per heavy atom. The van der Waals surface area contributed by atoms with Gasteiger partial charge in [0.1, 0.15) is 6.04 Å². The van der Waals surface area contributed by atoms with Crippen molar-refractivity contribution in [2.45, 2.75) is 6.04 Å². The van der Waals surface area contributed by atoms with Gasteiger partial charge in [-0.25, -0.2) is 0 Å². The first-order valence-corrected chi connectivity index (χ1v) is 11.1. The zero-order valence-electron chi connectivity index (χ0n) is 16.1. The Kier molecular flexibility index (Phi) is 6.27. The molecule has 1 aromatic heterocycles. The number of ether oxygens (including phenoxy) is 1. The van der Waals surface area contributed by atoms with Crippen LogP contribution in [0, 0.1) is 11.3 Å². The van der Waals surface area contributed by atoms with Crippen molar-refractivity contribution >= 4 is 51.8 Å². The number of thioether (sulfide) groups is 1. The third-order valence-corrected chi connectivity index (χ3v) is 6.46. The number of amides is 2. The summed E-state index contributed by atoms with van der Waals surface area (Å²) >= 11 is 7.98. The molecule has 1 aromatic carbocycles. The maximum absolute atomic E-state index is 12.9. The number of aromatic nitrogens is 1. The summed E-state index contributed by atoms with van der Waals surface area (Å²) < 4.78 is 5.40. The fourth-order valence-electron chi connectivity index (χ4n) is 3.55. The lowest BCUT2D eigenvalue weighted by Crippen LogP contribution is -2.42. The van der Waals surface area contributed by atoms with Crippen molar-refractivity contribution in [3.05, 3.63) is 35.0 Å². The number of nitrogens with zero attached hydrogens (tertiary/aromatic N) is 4. The lowest BCUT2D eigenvalue weighted by molar-refractivity contribution is -0.129. The molecule has 156 valence electrons. The molecule has 0 aliphatic carbocycles. The highest BCUT2D eigenvalue weighted by molar-refractivity contribution is 7.99. The van der Waals surface area contributed by atoms with Crippen molar-refractivity contribution in [1.82, 2.24) is 15.2 Å². The van der Waals surface area contributed by atoms with Crippen molar-refractivity contribution in [3.8, 4) is 6.07 Å². The summed E-state index contributed by atoms with van der Waals surface area (Å²) in [4.78, 5) is 33.3. The van der Waals surface area contributed by atoms with E-state index < -0.39 is 6.04 Å². The van der Waals surface area contributed by atoms with Crippen molar-refractivity contribution in [2.24, 2.45) is 0 Å². The van der Waals surface area contributed by atoms with Gasteiger partial charge in [-0.15, -0.1) is 11.8 Å². The summed E-state index contributed by atoms with van der Waals surface area (Å²) in [5.74, 6) is 0.397. The van der Waals surface area contributed by atoms with Gasteiger partial charge in [-0.05, 0) is 18.2 Å². The first-order valence-electron chi connectivity index (χ1n) is 9.54. The number of nitriles is 1. The molecule has 30 heavy (non-hydrogen) atoms. The summed E-state index contributed by atoms with van der Waals surface area (Å²) in [7, 11) is 0. The molecule has 2 aliphatic heterocycles. The SMILES string of the molecule is N#CC1CSCN1C(=O)CNC(=O)c1ccnc2c(Cl)cc(N3CCOCC3)cc12. The van der Waals surface area contributed by atoms with E-state index in [9.17, 15) is 9.59 Å². The van der Waals surface area contributed by atoms with E-state index >= 15 is 0 Å². The highest BCUT2D eigenvalue weighted by Gasteiger charge is 2.29. The van der Waals surface area contributed by atoms with Gasteiger partial charge in [0.05, 0.1) is 47.8 Å². The molecule has 8 nitrogen and oxygen atoms in total. The van der Waals surface area contributed by atoms with Crippen LogP contribution in [0.4, 0.5) is 5.69 Å². The van der Waals surface area contributed by atoms with Crippen LogP contribution >= 0.6 is 23.4 Å². The van der Waals surface area contributed by atoms with Gasteiger partial charge in [0.25, 0.3) is 5.91 Å². The first kappa shape index (κ1) is 20.7. The Morgan fingerprint density at radius 3 is 2.93 bits per heavy atom. The average Bonchev–Trinajstić information content (AvgIpc) is 3.26. The molecule has 0 saturated carbocycles. The van der Waals surface area contributed by atoms with E-state index in [1.54, 1.807) is 6.07 Å². The minimum absolute atomic E-state index is 0.168. The monoisotopic (exact) mass is 445 g/mol. The molecule has 3 heterocycles. The second kappa shape index (κ2) is 9.08. The molecule has 2 aromatic rings. The zero-order valence-corrected chi connectivity index (χ0v) is 17.7. The average molecular weight is 446 g/mol. The number of fused-ring (bicyclic) bond motifs is 1. The standard InChI is InChI=1S/C20H20ClN5O3S/c21-17-8-13(25-3-5-29-6-4-25)7-16-15(1-2-23-19(16)17)20(28)24-10-18(27)26-12-30-11-14(26)9-22/h1-2,7-8,14H,3-6,10-12H2,(H,24,28). The zero-order chi connectivity index (χ0) is 21.1. The third kappa shape index (κ3) is 4.17. The van der Waals surface area contributed by atoms with Crippen LogP contribution in [-0.2, 0) is 9.53 Å². The number of carbonyl (C=O) groups is 2. The molecule has 0 bridgehead atoms. The van der Waals surface area contributed by atoms with Crippen molar-refractivity contribution in [2.75, 3.05) is 49.4 Å². The second-order valence-electron chi connectivity index (χ2n) is 6.97. The molecule has 2 fully saturated rings. The molecular weight excluding hydrogens is 426 g/mol. The predicted octanol–water partition coefficient (Wildman–Crippen LogP) is 1.88. The van der Waals surface area contributed by atoms with Gasteiger partial charge in [0.2, 0.25) is 5.91 Å². The molecule has 1 N–H and O–H groups in total. The van der Waals surface area contributed by atoms with Crippen LogP contribution in [-0.4, -0.2) is 72.2 Å². The minimum atomic E-state index is -0.448. The fraction of sp³-hybridized carbons (Fsp3) is 0.400. The molecule has 2 amide bonds. The van der Waals surface area contributed by atoms with E-state index in [2.05, 4.69) is 21.3 Å². The van der Waals surface area contributed by atoms with Crippen LogP contribution in [0.15, 0.2) is 24.4 Å². The van der Waals surface area contributed by atoms with E-state index in [-0.39, 0.29) is 18.4 Å². The Hall–Kier alpha value is -2.54. The number of nitrogens with one attached hydrogen (secondary N) is 1. The van der Waals surface area contributed by atoms with Crippen LogP contribution in [0.5, 0.6) is 0 Å². The number of rotatable bonds is 4. The highest BCUT2D eigenvalue weighted by atomic mass is 35.5. The van der Waals surface area contributed by atoms with Gasteiger partial charge in [0.15, 0.2) is 0 Å². The number of halogens is 1. The molecule has 4 rings (SSSR count). The van der Waals surface area contributed by atoms with Crippen LogP contribution in [0.25, 0.3) is 10.9 Å². The fourth-order valence-corrected chi connectivity index (χ4v) is 4.91. The van der Waals surface area contributed by atoms with Gasteiger partial charge < -0.3 is 19.9 Å². The Morgan fingerprint density at radius 2 is 2.17 bits per heavy atom. The second-order valence-corrected chi connectivity index (χ2v) is 8.38. The number of hydrogen-bond acceptors (Lipinski definition) is 7. The number of carbonyl (C=O) groups excluding carboxylic acids is 2. The smallest absolute Gasteiger partial charge is 0.252 e. The van der Waals surface area contributed by atoms with Crippen molar-refractivity contribution < 1.29 is 14.3 Å².